The molecule has 1 aromatic rings. The van der Waals surface area contributed by atoms with Gasteiger partial charge < -0.3 is 9.99 Å². The Bertz CT molecular complexity index is 379. The Hall–Kier alpha value is -1.01. The number of hydrazine groups is 1. The lowest BCUT2D eigenvalue weighted by Crippen LogP contribution is -2.09. The molecule has 0 spiro atoms. The molecule has 0 aliphatic rings. The molecule has 0 aromatic carbocycles. The third kappa shape index (κ3) is 1.59. The molecule has 6 heteroatoms. The van der Waals surface area contributed by atoms with E-state index in [2.05, 4.69) is 5.43 Å². The number of nitrogens with one attached hydrogen (secondary N) is 1. The van der Waals surface area contributed by atoms with Gasteiger partial charge in [0.25, 0.3) is 0 Å². The number of hydrogen-bond donors (Lipinski definition) is 2. The Labute approximate surface area is 71.1 Å². The predicted molar refractivity (Wildman–Crippen MR) is 46.3 cm³/mol. The minimum Gasteiger partial charge on any atom is -0.336 e. The molecule has 68 valence electrons. The monoisotopic (exact) mass is 189 g/mol. The van der Waals surface area contributed by atoms with Crippen LogP contribution >= 0.6 is 0 Å². The second kappa shape index (κ2) is 2.80. The van der Waals surface area contributed by atoms with Gasteiger partial charge in [-0.15, -0.1) is 0 Å². The maximum absolute atomic E-state index is 11.0. The lowest BCUT2D eigenvalue weighted by Gasteiger charge is -1.97. The number of nitrogens with two attached hydrogens (primary N) is 1. The number of aromatic nitrogens is 1. The van der Waals surface area contributed by atoms with Crippen molar-refractivity contribution >= 4 is 15.7 Å². The van der Waals surface area contributed by atoms with Gasteiger partial charge in [0, 0.05) is 25.6 Å². The summed E-state index contributed by atoms with van der Waals surface area (Å²) in [6.07, 6.45) is 2.66. The molecular weight excluding hydrogens is 178 g/mol. The SMILES string of the molecule is Cn1cc(S(C)(=O)=O)cc1NN. The van der Waals surface area contributed by atoms with Crippen molar-refractivity contribution in [1.29, 1.82) is 0 Å². The summed E-state index contributed by atoms with van der Waals surface area (Å²) in [5, 5.41) is 0. The normalized spacial score (nSPS) is 11.6. The highest BCUT2D eigenvalue weighted by atomic mass is 32.2. The fourth-order valence-electron chi connectivity index (χ4n) is 0.880. The van der Waals surface area contributed by atoms with E-state index in [1.807, 2.05) is 0 Å². The largest absolute Gasteiger partial charge is 0.336 e. The lowest BCUT2D eigenvalue weighted by molar-refractivity contribution is 0.601. The number of sulfone groups is 1. The highest BCUT2D eigenvalue weighted by Crippen LogP contribution is 2.15. The zero-order chi connectivity index (χ0) is 9.35. The molecule has 1 aromatic heterocycles. The van der Waals surface area contributed by atoms with E-state index in [0.29, 0.717) is 5.82 Å². The fourth-order valence-corrected chi connectivity index (χ4v) is 1.56. The zero-order valence-corrected chi connectivity index (χ0v) is 7.72. The minimum atomic E-state index is -3.13. The van der Waals surface area contributed by atoms with E-state index in [-0.39, 0.29) is 4.90 Å². The molecule has 0 bridgehead atoms. The van der Waals surface area contributed by atoms with Crippen molar-refractivity contribution < 1.29 is 8.42 Å². The third-order valence-electron chi connectivity index (χ3n) is 1.56. The summed E-state index contributed by atoms with van der Waals surface area (Å²) in [5.74, 6) is 5.71. The van der Waals surface area contributed by atoms with Gasteiger partial charge in [-0.05, 0) is 0 Å². The van der Waals surface area contributed by atoms with Crippen molar-refractivity contribution in [3.05, 3.63) is 12.3 Å². The second-order valence-electron chi connectivity index (χ2n) is 2.59. The molecule has 0 unspecified atom stereocenters. The van der Waals surface area contributed by atoms with Gasteiger partial charge >= 0.3 is 0 Å². The van der Waals surface area contributed by atoms with E-state index in [1.165, 1.54) is 12.3 Å². The summed E-state index contributed by atoms with van der Waals surface area (Å²) in [4.78, 5) is 0.262. The molecule has 0 saturated carbocycles. The first-order chi connectivity index (χ1) is 5.45. The summed E-state index contributed by atoms with van der Waals surface area (Å²) in [7, 11) is -1.42. The molecule has 0 saturated heterocycles. The van der Waals surface area contributed by atoms with Crippen molar-refractivity contribution in [2.24, 2.45) is 12.9 Å². The van der Waals surface area contributed by atoms with Gasteiger partial charge in [-0.25, -0.2) is 14.3 Å². The Morgan fingerprint density at radius 3 is 2.42 bits per heavy atom. The first-order valence-electron chi connectivity index (χ1n) is 3.28. The maximum Gasteiger partial charge on any atom is 0.177 e. The number of nitrogen functional groups attached to an aromatic ring is 1. The standard InChI is InChI=1S/C6H11N3O2S/c1-9-4-5(12(2,10)11)3-6(9)8-7/h3-4,8H,7H2,1-2H3. The molecule has 0 radical (unpaired) electrons. The van der Waals surface area contributed by atoms with Crippen LogP contribution in [0, 0.1) is 0 Å². The first-order valence-corrected chi connectivity index (χ1v) is 5.17. The van der Waals surface area contributed by atoms with Crippen molar-refractivity contribution in [2.45, 2.75) is 4.90 Å². The molecule has 0 atom stereocenters. The Morgan fingerprint density at radius 1 is 1.58 bits per heavy atom. The zero-order valence-electron chi connectivity index (χ0n) is 6.90. The average Bonchev–Trinajstić information content (AvgIpc) is 2.29. The summed E-state index contributed by atoms with van der Waals surface area (Å²) in [6, 6.07) is 1.48. The van der Waals surface area contributed by atoms with Gasteiger partial charge in [0.1, 0.15) is 5.82 Å². The predicted octanol–water partition coefficient (Wildman–Crippen LogP) is -0.286. The Kier molecular flexibility index (Phi) is 2.12. The summed E-state index contributed by atoms with van der Waals surface area (Å²) < 4.78 is 23.7. The van der Waals surface area contributed by atoms with Crippen LogP contribution in [-0.2, 0) is 16.9 Å². The van der Waals surface area contributed by atoms with Crippen LogP contribution in [0.4, 0.5) is 5.82 Å². The van der Waals surface area contributed by atoms with Crippen molar-refractivity contribution in [2.75, 3.05) is 11.7 Å². The van der Waals surface area contributed by atoms with E-state index in [9.17, 15) is 8.42 Å². The van der Waals surface area contributed by atoms with Crippen LogP contribution in [0.25, 0.3) is 0 Å². The Morgan fingerprint density at radius 2 is 2.17 bits per heavy atom. The topological polar surface area (TPSA) is 77.1 Å². The maximum atomic E-state index is 11.0. The minimum absolute atomic E-state index is 0.262. The number of nitrogens with zero attached hydrogens (tertiary/aromatic N) is 1. The number of aryl methyl sites for hydroxylation is 1. The van der Waals surface area contributed by atoms with Gasteiger partial charge in [-0.1, -0.05) is 0 Å². The third-order valence-corrected chi connectivity index (χ3v) is 2.64. The van der Waals surface area contributed by atoms with Crippen LogP contribution in [0.5, 0.6) is 0 Å². The molecule has 5 nitrogen and oxygen atoms in total. The van der Waals surface area contributed by atoms with Crippen molar-refractivity contribution in [3.8, 4) is 0 Å². The molecule has 12 heavy (non-hydrogen) atoms. The summed E-state index contributed by atoms with van der Waals surface area (Å²) in [5.41, 5.74) is 2.39. The molecule has 1 heterocycles. The molecule has 0 amide bonds. The number of anilines is 1. The highest BCUT2D eigenvalue weighted by Gasteiger charge is 2.10. The van der Waals surface area contributed by atoms with E-state index in [4.69, 9.17) is 5.84 Å². The summed E-state index contributed by atoms with van der Waals surface area (Å²) in [6.45, 7) is 0. The van der Waals surface area contributed by atoms with Gasteiger partial charge in [0.05, 0.1) is 4.90 Å². The first kappa shape index (κ1) is 9.08. The van der Waals surface area contributed by atoms with Crippen LogP contribution in [0.2, 0.25) is 0 Å². The van der Waals surface area contributed by atoms with Crippen LogP contribution in [0.3, 0.4) is 0 Å². The summed E-state index contributed by atoms with van der Waals surface area (Å²) >= 11 is 0. The van der Waals surface area contributed by atoms with Crippen LogP contribution in [-0.4, -0.2) is 19.2 Å². The molecule has 3 N–H and O–H groups in total. The van der Waals surface area contributed by atoms with E-state index >= 15 is 0 Å². The van der Waals surface area contributed by atoms with Crippen LogP contribution in [0.15, 0.2) is 17.2 Å². The van der Waals surface area contributed by atoms with E-state index in [1.54, 1.807) is 11.6 Å². The molecule has 0 fully saturated rings. The van der Waals surface area contributed by atoms with Gasteiger partial charge in [-0.3, -0.25) is 0 Å². The quantitative estimate of drug-likeness (QED) is 0.495. The smallest absolute Gasteiger partial charge is 0.177 e. The molecular formula is C6H11N3O2S. The van der Waals surface area contributed by atoms with Crippen LogP contribution < -0.4 is 11.3 Å². The molecule has 1 rings (SSSR count). The highest BCUT2D eigenvalue weighted by molar-refractivity contribution is 7.90. The van der Waals surface area contributed by atoms with Crippen LogP contribution in [0.1, 0.15) is 0 Å². The van der Waals surface area contributed by atoms with E-state index < -0.39 is 9.84 Å². The van der Waals surface area contributed by atoms with Gasteiger partial charge in [0.2, 0.25) is 0 Å². The Balaban J connectivity index is 3.23. The molecule has 0 aliphatic heterocycles. The lowest BCUT2D eigenvalue weighted by atomic mass is 10.6. The van der Waals surface area contributed by atoms with Gasteiger partial charge in [0.15, 0.2) is 9.84 Å². The van der Waals surface area contributed by atoms with Gasteiger partial charge in [-0.2, -0.15) is 0 Å². The second-order valence-corrected chi connectivity index (χ2v) is 4.60. The van der Waals surface area contributed by atoms with Crippen molar-refractivity contribution in [1.82, 2.24) is 4.57 Å². The average molecular weight is 189 g/mol. The van der Waals surface area contributed by atoms with Crippen molar-refractivity contribution in [3.63, 3.8) is 0 Å². The van der Waals surface area contributed by atoms with E-state index in [0.717, 1.165) is 6.26 Å². The fraction of sp³-hybridized carbons (Fsp3) is 0.333. The number of rotatable bonds is 2. The number of hydrogen-bond acceptors (Lipinski definition) is 4. The molecule has 0 aliphatic carbocycles.